The summed E-state index contributed by atoms with van der Waals surface area (Å²) in [4.78, 5) is 13.3. The van der Waals surface area contributed by atoms with Crippen molar-refractivity contribution in [1.29, 1.82) is 0 Å². The highest BCUT2D eigenvalue weighted by molar-refractivity contribution is 7.89. The van der Waals surface area contributed by atoms with Crippen LogP contribution in [0.3, 0.4) is 0 Å². The first-order valence-electron chi connectivity index (χ1n) is 11.1. The van der Waals surface area contributed by atoms with Gasteiger partial charge >= 0.3 is 0 Å². The predicted octanol–water partition coefficient (Wildman–Crippen LogP) is 4.21. The Labute approximate surface area is 192 Å². The minimum absolute atomic E-state index is 0.0409. The van der Waals surface area contributed by atoms with Crippen LogP contribution in [0.5, 0.6) is 5.75 Å². The number of carbonyl (C=O) groups is 1. The summed E-state index contributed by atoms with van der Waals surface area (Å²) in [5.41, 5.74) is 4.62. The lowest BCUT2D eigenvalue weighted by atomic mass is 9.96. The van der Waals surface area contributed by atoms with Gasteiger partial charge in [0.05, 0.1) is 18.0 Å². The van der Waals surface area contributed by atoms with Crippen LogP contribution in [-0.4, -0.2) is 38.8 Å². The van der Waals surface area contributed by atoms with Crippen LogP contribution in [0.1, 0.15) is 53.6 Å². The predicted molar refractivity (Wildman–Crippen MR) is 126 cm³/mol. The van der Waals surface area contributed by atoms with Crippen LogP contribution < -0.4 is 10.1 Å². The van der Waals surface area contributed by atoms with Crippen molar-refractivity contribution in [1.82, 2.24) is 9.62 Å². The highest BCUT2D eigenvalue weighted by atomic mass is 32.2. The maximum Gasteiger partial charge on any atom is 0.243 e. The Kier molecular flexibility index (Phi) is 7.30. The molecule has 1 fully saturated rings. The largest absolute Gasteiger partial charge is 0.496 e. The summed E-state index contributed by atoms with van der Waals surface area (Å²) in [7, 11) is -1.96. The number of rotatable bonds is 6. The van der Waals surface area contributed by atoms with E-state index in [1.54, 1.807) is 7.11 Å². The topological polar surface area (TPSA) is 75.7 Å². The van der Waals surface area contributed by atoms with Crippen molar-refractivity contribution in [2.75, 3.05) is 20.2 Å². The first-order chi connectivity index (χ1) is 15.0. The van der Waals surface area contributed by atoms with Gasteiger partial charge < -0.3 is 10.1 Å². The number of methoxy groups -OCH3 is 1. The van der Waals surface area contributed by atoms with Gasteiger partial charge in [-0.2, -0.15) is 4.31 Å². The zero-order valence-corrected chi connectivity index (χ0v) is 20.7. The van der Waals surface area contributed by atoms with Gasteiger partial charge in [0.1, 0.15) is 5.75 Å². The Morgan fingerprint density at radius 3 is 2.19 bits per heavy atom. The fraction of sp³-hybridized carbons (Fsp3) is 0.480. The molecule has 0 aliphatic carbocycles. The van der Waals surface area contributed by atoms with E-state index in [1.165, 1.54) is 4.31 Å². The summed E-state index contributed by atoms with van der Waals surface area (Å²) in [6.07, 6.45) is 1.01. The highest BCUT2D eigenvalue weighted by Gasteiger charge is 2.34. The number of sulfonamides is 1. The number of aryl methyl sites for hydroxylation is 4. The maximum absolute atomic E-state index is 13.3. The second-order valence-corrected chi connectivity index (χ2v) is 10.8. The molecular formula is C25H34N2O4S. The monoisotopic (exact) mass is 458 g/mol. The zero-order valence-electron chi connectivity index (χ0n) is 19.9. The fourth-order valence-corrected chi connectivity index (χ4v) is 6.54. The molecule has 0 saturated carbocycles. The number of nitrogens with one attached hydrogen (secondary N) is 1. The number of amides is 1. The summed E-state index contributed by atoms with van der Waals surface area (Å²) >= 11 is 0. The van der Waals surface area contributed by atoms with Crippen LogP contribution >= 0.6 is 0 Å². The average Bonchev–Trinajstić information content (AvgIpc) is 2.72. The third-order valence-electron chi connectivity index (χ3n) is 6.24. The Morgan fingerprint density at radius 2 is 1.62 bits per heavy atom. The number of carbonyl (C=O) groups excluding carboxylic acids is 1. The van der Waals surface area contributed by atoms with Gasteiger partial charge in [0.15, 0.2) is 0 Å². The second kappa shape index (κ2) is 9.63. The molecule has 6 nitrogen and oxygen atoms in total. The highest BCUT2D eigenvalue weighted by Crippen LogP contribution is 2.30. The fourth-order valence-electron chi connectivity index (χ4n) is 4.66. The Hall–Kier alpha value is -2.38. The molecule has 1 aliphatic heterocycles. The molecule has 0 spiro atoms. The number of benzene rings is 2. The molecule has 1 unspecified atom stereocenters. The lowest BCUT2D eigenvalue weighted by Gasteiger charge is -2.32. The van der Waals surface area contributed by atoms with E-state index >= 15 is 0 Å². The average molecular weight is 459 g/mol. The van der Waals surface area contributed by atoms with Crippen molar-refractivity contribution in [3.8, 4) is 5.75 Å². The van der Waals surface area contributed by atoms with Crippen molar-refractivity contribution >= 4 is 15.9 Å². The molecule has 0 radical (unpaired) electrons. The van der Waals surface area contributed by atoms with Crippen molar-refractivity contribution in [3.63, 3.8) is 0 Å². The smallest absolute Gasteiger partial charge is 0.243 e. The summed E-state index contributed by atoms with van der Waals surface area (Å²) in [5, 5.41) is 3.09. The van der Waals surface area contributed by atoms with Crippen LogP contribution in [0.4, 0.5) is 0 Å². The molecule has 1 saturated heterocycles. The Morgan fingerprint density at radius 1 is 1.03 bits per heavy atom. The number of hydrogen-bond donors (Lipinski definition) is 1. The van der Waals surface area contributed by atoms with Gasteiger partial charge in [-0.3, -0.25) is 4.79 Å². The molecule has 2 aromatic rings. The lowest BCUT2D eigenvalue weighted by molar-refractivity contribution is -0.126. The summed E-state index contributed by atoms with van der Waals surface area (Å²) < 4.78 is 33.6. The number of hydrogen-bond acceptors (Lipinski definition) is 4. The summed E-state index contributed by atoms with van der Waals surface area (Å²) in [5.74, 6) is 0.494. The maximum atomic E-state index is 13.3. The standard InChI is InChI=1S/C25H34N2O4S/c1-16-7-8-23(31-6)22(15-16)20(5)26-25(28)21-9-11-27(12-10-21)32(29,30)24-18(3)13-17(2)14-19(24)4/h7-8,13-15,20-21H,9-12H2,1-6H3,(H,26,28). The van der Waals surface area contributed by atoms with Gasteiger partial charge in [-0.25, -0.2) is 8.42 Å². The molecule has 3 rings (SSSR count). The number of nitrogens with zero attached hydrogens (tertiary/aromatic N) is 1. The van der Waals surface area contributed by atoms with Crippen molar-refractivity contribution in [3.05, 3.63) is 58.1 Å². The van der Waals surface area contributed by atoms with Crippen LogP contribution in [0.25, 0.3) is 0 Å². The Bertz CT molecular complexity index is 1080. The molecule has 32 heavy (non-hydrogen) atoms. The van der Waals surface area contributed by atoms with E-state index in [2.05, 4.69) is 5.32 Å². The second-order valence-electron chi connectivity index (χ2n) is 8.88. The van der Waals surface area contributed by atoms with Crippen LogP contribution in [0.2, 0.25) is 0 Å². The lowest BCUT2D eigenvalue weighted by Crippen LogP contribution is -2.43. The molecule has 1 aliphatic rings. The number of piperidine rings is 1. The normalized spacial score (nSPS) is 16.6. The molecule has 1 atom stereocenters. The van der Waals surface area contributed by atoms with Gasteiger partial charge in [0.2, 0.25) is 15.9 Å². The molecular weight excluding hydrogens is 424 g/mol. The van der Waals surface area contributed by atoms with Crippen LogP contribution in [0, 0.1) is 33.6 Å². The van der Waals surface area contributed by atoms with Gasteiger partial charge in [0.25, 0.3) is 0 Å². The number of ether oxygens (including phenoxy) is 1. The van der Waals surface area contributed by atoms with E-state index in [0.29, 0.717) is 30.8 Å². The van der Waals surface area contributed by atoms with E-state index in [9.17, 15) is 13.2 Å². The minimum Gasteiger partial charge on any atom is -0.496 e. The van der Waals surface area contributed by atoms with E-state index in [-0.39, 0.29) is 17.9 Å². The zero-order chi connectivity index (χ0) is 23.6. The minimum atomic E-state index is -3.58. The molecule has 174 valence electrons. The molecule has 0 aromatic heterocycles. The molecule has 0 bridgehead atoms. The first-order valence-corrected chi connectivity index (χ1v) is 12.5. The third kappa shape index (κ3) is 4.99. The van der Waals surface area contributed by atoms with Crippen molar-refractivity contribution < 1.29 is 17.9 Å². The van der Waals surface area contributed by atoms with Crippen LogP contribution in [0.15, 0.2) is 35.2 Å². The first kappa shape index (κ1) is 24.3. The van der Waals surface area contributed by atoms with Gasteiger partial charge in [-0.1, -0.05) is 35.4 Å². The molecule has 1 N–H and O–H groups in total. The summed E-state index contributed by atoms with van der Waals surface area (Å²) in [6, 6.07) is 9.51. The van der Waals surface area contributed by atoms with Crippen LogP contribution in [-0.2, 0) is 14.8 Å². The van der Waals surface area contributed by atoms with Gasteiger partial charge in [-0.15, -0.1) is 0 Å². The molecule has 1 heterocycles. The third-order valence-corrected chi connectivity index (χ3v) is 8.44. The summed E-state index contributed by atoms with van der Waals surface area (Å²) in [6.45, 7) is 10.3. The SMILES string of the molecule is COc1ccc(C)cc1C(C)NC(=O)C1CCN(S(=O)(=O)c2c(C)cc(C)cc2C)CC1. The quantitative estimate of drug-likeness (QED) is 0.704. The molecule has 7 heteroatoms. The van der Waals surface area contributed by atoms with E-state index in [0.717, 1.165) is 33.6 Å². The van der Waals surface area contributed by atoms with E-state index < -0.39 is 10.0 Å². The molecule has 1 amide bonds. The van der Waals surface area contributed by atoms with Crippen molar-refractivity contribution in [2.45, 2.75) is 58.4 Å². The van der Waals surface area contributed by atoms with Crippen molar-refractivity contribution in [2.24, 2.45) is 5.92 Å². The molecule has 2 aromatic carbocycles. The van der Waals surface area contributed by atoms with E-state index in [1.807, 2.05) is 65.0 Å². The van der Waals surface area contributed by atoms with Gasteiger partial charge in [0, 0.05) is 24.6 Å². The van der Waals surface area contributed by atoms with Gasteiger partial charge in [-0.05, 0) is 64.7 Å². The van der Waals surface area contributed by atoms with E-state index in [4.69, 9.17) is 4.74 Å². The Balaban J connectivity index is 1.67.